The van der Waals surface area contributed by atoms with Gasteiger partial charge in [0.25, 0.3) is 0 Å². The maximum atomic E-state index is 13.9. The first kappa shape index (κ1) is 34.2. The largest absolute Gasteiger partial charge is 0.695 e. The Morgan fingerprint density at radius 3 is 2.05 bits per heavy atom. The Kier molecular flexibility index (Phi) is 11.3. The molecule has 0 aromatic carbocycles. The third kappa shape index (κ3) is 8.11. The molecule has 2 saturated heterocycles. The number of rotatable bonds is 13. The summed E-state index contributed by atoms with van der Waals surface area (Å²) in [5.74, 6) is -1.61. The molecular formula is C26H34N3O13P2+. The number of carbonyl (C=O) groups is 4. The van der Waals surface area contributed by atoms with E-state index < -0.39 is 71.4 Å². The van der Waals surface area contributed by atoms with Crippen LogP contribution in [0.15, 0.2) is 23.5 Å². The highest BCUT2D eigenvalue weighted by Gasteiger charge is 2.48. The molecule has 4 heterocycles. The molecule has 18 heteroatoms. The molecule has 240 valence electrons. The molecule has 1 N–H and O–H groups in total. The Balaban J connectivity index is 1.48. The maximum Gasteiger partial charge on any atom is 0.695 e. The van der Waals surface area contributed by atoms with Gasteiger partial charge in [0.1, 0.15) is 24.7 Å². The summed E-state index contributed by atoms with van der Waals surface area (Å²) in [7, 11) is -7.55. The Hall–Kier alpha value is -2.70. The molecule has 0 saturated carbocycles. The van der Waals surface area contributed by atoms with Crippen LogP contribution in [0.5, 0.6) is 0 Å². The number of phosphoric ester groups is 1. The van der Waals surface area contributed by atoms with Crippen molar-refractivity contribution in [2.45, 2.75) is 96.2 Å². The molecule has 4 aliphatic heterocycles. The van der Waals surface area contributed by atoms with Crippen LogP contribution in [-0.4, -0.2) is 88.2 Å². The highest BCUT2D eigenvalue weighted by Crippen LogP contribution is 2.53. The average molecular weight is 659 g/mol. The van der Waals surface area contributed by atoms with Crippen molar-refractivity contribution in [2.75, 3.05) is 13.2 Å². The third-order valence-electron chi connectivity index (χ3n) is 7.48. The van der Waals surface area contributed by atoms with Gasteiger partial charge in [0.2, 0.25) is 11.8 Å². The van der Waals surface area contributed by atoms with Gasteiger partial charge in [0, 0.05) is 41.0 Å². The number of hydrogen-bond acceptors (Lipinski definition) is 13. The van der Waals surface area contributed by atoms with Crippen molar-refractivity contribution >= 4 is 39.5 Å². The number of allylic oxidation sites excluding steroid dienone is 2. The van der Waals surface area contributed by atoms with Gasteiger partial charge in [-0.3, -0.25) is 42.5 Å². The number of ketones is 2. The van der Waals surface area contributed by atoms with Gasteiger partial charge >= 0.3 is 16.1 Å². The molecule has 0 aromatic heterocycles. The van der Waals surface area contributed by atoms with Crippen molar-refractivity contribution in [3.8, 4) is 6.07 Å². The minimum absolute atomic E-state index is 0.0603. The van der Waals surface area contributed by atoms with Gasteiger partial charge < -0.3 is 9.47 Å². The monoisotopic (exact) mass is 658 g/mol. The highest BCUT2D eigenvalue weighted by atomic mass is 31.2. The number of Topliss-reactive ketones (excluding diaryl/α,β-unsaturated/α-hetero) is 2. The number of carbonyl (C=O) groups excluding carboxylic acids is 4. The van der Waals surface area contributed by atoms with Crippen LogP contribution >= 0.6 is 16.1 Å². The number of amides is 2. The van der Waals surface area contributed by atoms with Gasteiger partial charge in [-0.05, 0) is 20.3 Å². The van der Waals surface area contributed by atoms with Crippen LogP contribution < -0.4 is 0 Å². The molecule has 2 fully saturated rings. The van der Waals surface area contributed by atoms with E-state index in [9.17, 15) is 33.2 Å². The van der Waals surface area contributed by atoms with Gasteiger partial charge in [-0.15, -0.1) is 9.42 Å². The van der Waals surface area contributed by atoms with Crippen LogP contribution in [0.1, 0.15) is 59.3 Å². The minimum Gasteiger partial charge on any atom is -0.352 e. The summed E-state index contributed by atoms with van der Waals surface area (Å²) in [6.07, 6.45) is -3.16. The van der Waals surface area contributed by atoms with Gasteiger partial charge in [0.15, 0.2) is 11.6 Å². The SMILES string of the molecule is CCC1OC(N2C=C(C)C(=O)CC2=O)CC1OP(=O)(OCCC#N)OCC1OC(N2C=C(C)C(=O)CC2=O)CC1O[P+](=O)O. The van der Waals surface area contributed by atoms with Crippen molar-refractivity contribution in [1.82, 2.24) is 9.80 Å². The van der Waals surface area contributed by atoms with Gasteiger partial charge in [-0.1, -0.05) is 6.92 Å². The van der Waals surface area contributed by atoms with E-state index in [-0.39, 0.29) is 50.3 Å². The van der Waals surface area contributed by atoms with E-state index in [0.717, 1.165) is 0 Å². The Labute approximate surface area is 254 Å². The van der Waals surface area contributed by atoms with Crippen LogP contribution in [0, 0.1) is 11.3 Å². The van der Waals surface area contributed by atoms with Crippen LogP contribution in [0.2, 0.25) is 0 Å². The molecule has 4 rings (SSSR count). The Morgan fingerprint density at radius 1 is 0.977 bits per heavy atom. The van der Waals surface area contributed by atoms with Crippen molar-refractivity contribution in [3.63, 3.8) is 0 Å². The van der Waals surface area contributed by atoms with Crippen LogP contribution in [0.3, 0.4) is 0 Å². The molecule has 44 heavy (non-hydrogen) atoms. The first-order valence-electron chi connectivity index (χ1n) is 14.0. The highest BCUT2D eigenvalue weighted by molar-refractivity contribution is 7.48. The van der Waals surface area contributed by atoms with Crippen molar-refractivity contribution < 1.29 is 60.8 Å². The van der Waals surface area contributed by atoms with Crippen molar-refractivity contribution in [1.29, 1.82) is 5.26 Å². The van der Waals surface area contributed by atoms with Crippen LogP contribution in [0.4, 0.5) is 0 Å². The summed E-state index contributed by atoms with van der Waals surface area (Å²) >= 11 is 0. The molecule has 0 spiro atoms. The minimum atomic E-state index is -4.46. The lowest BCUT2D eigenvalue weighted by molar-refractivity contribution is -0.145. The van der Waals surface area contributed by atoms with Crippen molar-refractivity contribution in [3.05, 3.63) is 23.5 Å². The summed E-state index contributed by atoms with van der Waals surface area (Å²) in [6.45, 7) is 4.09. The van der Waals surface area contributed by atoms with E-state index >= 15 is 0 Å². The lowest BCUT2D eigenvalue weighted by Crippen LogP contribution is -2.40. The van der Waals surface area contributed by atoms with E-state index in [2.05, 4.69) is 0 Å². The van der Waals surface area contributed by atoms with E-state index in [1.165, 1.54) is 22.2 Å². The normalized spacial score (nSPS) is 31.1. The second-order valence-corrected chi connectivity index (χ2v) is 12.9. The van der Waals surface area contributed by atoms with Gasteiger partial charge in [-0.2, -0.15) is 5.26 Å². The smallest absolute Gasteiger partial charge is 0.352 e. The predicted molar refractivity (Wildman–Crippen MR) is 147 cm³/mol. The van der Waals surface area contributed by atoms with Crippen molar-refractivity contribution in [2.24, 2.45) is 0 Å². The summed E-state index contributed by atoms with van der Waals surface area (Å²) in [6, 6.07) is 1.86. The quantitative estimate of drug-likeness (QED) is 0.171. The van der Waals surface area contributed by atoms with Gasteiger partial charge in [-0.25, -0.2) is 4.57 Å². The second-order valence-electron chi connectivity index (χ2n) is 10.6. The van der Waals surface area contributed by atoms with E-state index in [1.807, 2.05) is 6.07 Å². The zero-order chi connectivity index (χ0) is 32.2. The molecule has 0 aromatic rings. The molecule has 2 amide bonds. The third-order valence-corrected chi connectivity index (χ3v) is 9.42. The number of ether oxygens (including phenoxy) is 2. The lowest BCUT2D eigenvalue weighted by Gasteiger charge is -2.29. The Bertz CT molecular complexity index is 1340. The summed E-state index contributed by atoms with van der Waals surface area (Å²) in [5.41, 5.74) is 0.715. The van der Waals surface area contributed by atoms with Gasteiger partial charge in [0.05, 0.1) is 50.8 Å². The molecule has 0 aliphatic carbocycles. The molecule has 0 radical (unpaired) electrons. The van der Waals surface area contributed by atoms with E-state index in [0.29, 0.717) is 17.6 Å². The van der Waals surface area contributed by atoms with Crippen LogP contribution in [-0.2, 0) is 55.9 Å². The number of nitriles is 1. The zero-order valence-electron chi connectivity index (χ0n) is 24.4. The zero-order valence-corrected chi connectivity index (χ0v) is 26.1. The molecule has 8 atom stereocenters. The maximum absolute atomic E-state index is 13.9. The standard InChI is InChI=1S/C26H33N3O13P2/c1-4-19-21(11-26(39-19)29-13-16(3)18(31)9-24(29)33)42-44(36,37-7-5-6-27)38-14-22-20(41-43(34)35)10-25(40-22)28-12-15(2)17(30)8-23(28)32/h12-13,19-22,25-26H,4-5,7-11,14H2,1-3H3/p+1. The molecular weight excluding hydrogens is 624 g/mol. The first-order chi connectivity index (χ1) is 20.8. The predicted octanol–water partition coefficient (Wildman–Crippen LogP) is 2.51. The van der Waals surface area contributed by atoms with E-state index in [4.69, 9.17) is 32.8 Å². The summed E-state index contributed by atoms with van der Waals surface area (Å²) < 4.78 is 59.3. The van der Waals surface area contributed by atoms with Crippen LogP contribution in [0.25, 0.3) is 0 Å². The Morgan fingerprint density at radius 2 is 1.52 bits per heavy atom. The fourth-order valence-corrected chi connectivity index (χ4v) is 7.00. The number of nitrogens with zero attached hydrogens (tertiary/aromatic N) is 3. The fraction of sp³-hybridized carbons (Fsp3) is 0.654. The number of phosphoric acid groups is 1. The number of hydrogen-bond donors (Lipinski definition) is 1. The molecule has 0 bridgehead atoms. The molecule has 16 nitrogen and oxygen atoms in total. The summed E-state index contributed by atoms with van der Waals surface area (Å²) in [4.78, 5) is 60.8. The molecule has 4 aliphatic rings. The fourth-order valence-electron chi connectivity index (χ4n) is 5.15. The molecule has 8 unspecified atom stereocenters. The average Bonchev–Trinajstić information content (AvgIpc) is 3.54. The van der Waals surface area contributed by atoms with E-state index in [1.54, 1.807) is 20.8 Å². The topological polar surface area (TPSA) is 208 Å². The first-order valence-corrected chi connectivity index (χ1v) is 16.6. The lowest BCUT2D eigenvalue weighted by atomic mass is 10.1. The summed E-state index contributed by atoms with van der Waals surface area (Å²) in [5, 5.41) is 8.97. The second kappa shape index (κ2) is 14.6.